The zero-order valence-electron chi connectivity index (χ0n) is 16.7. The van der Waals surface area contributed by atoms with E-state index in [1.54, 1.807) is 13.3 Å². The van der Waals surface area contributed by atoms with Gasteiger partial charge in [-0.25, -0.2) is 0 Å². The third-order valence-electron chi connectivity index (χ3n) is 6.59. The molecule has 0 saturated carbocycles. The highest BCUT2D eigenvalue weighted by atomic mass is 16.6. The number of carbonyl (C=O) groups is 1. The van der Waals surface area contributed by atoms with Crippen LogP contribution in [0, 0.1) is 5.92 Å². The molecule has 3 saturated heterocycles. The molecular weight excluding hydrogens is 356 g/mol. The molecule has 6 heteroatoms. The SMILES string of the molecule is CC[C@]1(OC(C)=O)CN2CCC1C[C@@H]2[C@@H](O)c1ccnc2ccc(OC)cc12. The van der Waals surface area contributed by atoms with Crippen LogP contribution < -0.4 is 4.74 Å². The quantitative estimate of drug-likeness (QED) is 0.799. The molecule has 4 heterocycles. The molecule has 0 amide bonds. The largest absolute Gasteiger partial charge is 0.497 e. The minimum atomic E-state index is -0.632. The Labute approximate surface area is 165 Å². The van der Waals surface area contributed by atoms with Gasteiger partial charge in [0, 0.05) is 37.0 Å². The number of hydrogen-bond acceptors (Lipinski definition) is 6. The molecule has 5 rings (SSSR count). The van der Waals surface area contributed by atoms with Crippen molar-refractivity contribution in [3.8, 4) is 5.75 Å². The van der Waals surface area contributed by atoms with Crippen LogP contribution in [0.5, 0.6) is 5.75 Å². The van der Waals surface area contributed by atoms with Crippen LogP contribution in [-0.4, -0.2) is 52.8 Å². The highest BCUT2D eigenvalue weighted by Crippen LogP contribution is 2.46. The van der Waals surface area contributed by atoms with Crippen LogP contribution >= 0.6 is 0 Å². The summed E-state index contributed by atoms with van der Waals surface area (Å²) in [6.45, 7) is 5.17. The zero-order chi connectivity index (χ0) is 19.9. The average molecular weight is 384 g/mol. The number of fused-ring (bicyclic) bond motifs is 4. The van der Waals surface area contributed by atoms with E-state index >= 15 is 0 Å². The summed E-state index contributed by atoms with van der Waals surface area (Å²) in [4.78, 5) is 18.4. The van der Waals surface area contributed by atoms with Crippen molar-refractivity contribution in [1.29, 1.82) is 0 Å². The summed E-state index contributed by atoms with van der Waals surface area (Å²) in [5.74, 6) is 0.799. The summed E-state index contributed by atoms with van der Waals surface area (Å²) in [5, 5.41) is 12.3. The molecule has 2 aromatic rings. The van der Waals surface area contributed by atoms with Crippen molar-refractivity contribution in [2.75, 3.05) is 20.2 Å². The van der Waals surface area contributed by atoms with Gasteiger partial charge in [0.25, 0.3) is 0 Å². The Morgan fingerprint density at radius 3 is 2.89 bits per heavy atom. The third kappa shape index (κ3) is 3.14. The smallest absolute Gasteiger partial charge is 0.303 e. The fourth-order valence-corrected chi connectivity index (χ4v) is 5.13. The van der Waals surface area contributed by atoms with Gasteiger partial charge in [0.15, 0.2) is 0 Å². The number of pyridine rings is 1. The maximum absolute atomic E-state index is 11.7. The van der Waals surface area contributed by atoms with Crippen LogP contribution in [0.15, 0.2) is 30.5 Å². The van der Waals surface area contributed by atoms with Gasteiger partial charge in [-0.05, 0) is 55.6 Å². The van der Waals surface area contributed by atoms with Crippen LogP contribution in [0.2, 0.25) is 0 Å². The Kier molecular flexibility index (Phi) is 5.02. The van der Waals surface area contributed by atoms with Crippen molar-refractivity contribution in [2.24, 2.45) is 5.92 Å². The number of rotatable bonds is 5. The third-order valence-corrected chi connectivity index (χ3v) is 6.59. The number of aromatic nitrogens is 1. The Morgan fingerprint density at radius 1 is 1.43 bits per heavy atom. The molecule has 3 fully saturated rings. The van der Waals surface area contributed by atoms with E-state index in [0.717, 1.165) is 48.0 Å². The first-order valence-corrected chi connectivity index (χ1v) is 10.0. The molecule has 1 N–H and O–H groups in total. The Hall–Kier alpha value is -2.18. The van der Waals surface area contributed by atoms with Crippen LogP contribution in [0.3, 0.4) is 0 Å². The Bertz CT molecular complexity index is 886. The molecule has 28 heavy (non-hydrogen) atoms. The van der Waals surface area contributed by atoms with Crippen molar-refractivity contribution in [2.45, 2.75) is 50.9 Å². The highest BCUT2D eigenvalue weighted by molar-refractivity contribution is 5.84. The number of hydrogen-bond donors (Lipinski definition) is 1. The van der Waals surface area contributed by atoms with E-state index in [2.05, 4.69) is 16.8 Å². The van der Waals surface area contributed by atoms with Crippen molar-refractivity contribution in [3.05, 3.63) is 36.0 Å². The first-order chi connectivity index (χ1) is 13.5. The maximum Gasteiger partial charge on any atom is 0.303 e. The number of ether oxygens (including phenoxy) is 2. The number of aliphatic hydroxyl groups is 1. The predicted octanol–water partition coefficient (Wildman–Crippen LogP) is 3.08. The summed E-state index contributed by atoms with van der Waals surface area (Å²) in [7, 11) is 1.64. The lowest BCUT2D eigenvalue weighted by atomic mass is 9.69. The second-order valence-electron chi connectivity index (χ2n) is 8.00. The second kappa shape index (κ2) is 7.33. The summed E-state index contributed by atoms with van der Waals surface area (Å²) >= 11 is 0. The van der Waals surface area contributed by atoms with Crippen LogP contribution in [0.4, 0.5) is 0 Å². The zero-order valence-corrected chi connectivity index (χ0v) is 16.7. The summed E-state index contributed by atoms with van der Waals surface area (Å²) < 4.78 is 11.2. The maximum atomic E-state index is 11.7. The number of benzene rings is 1. The highest BCUT2D eigenvalue weighted by Gasteiger charge is 2.53. The number of carbonyl (C=O) groups excluding carboxylic acids is 1. The monoisotopic (exact) mass is 384 g/mol. The summed E-state index contributed by atoms with van der Waals surface area (Å²) in [5.41, 5.74) is 1.29. The molecule has 0 radical (unpaired) electrons. The molecule has 2 bridgehead atoms. The first-order valence-electron chi connectivity index (χ1n) is 10.0. The molecule has 1 aromatic carbocycles. The molecule has 3 aliphatic rings. The average Bonchev–Trinajstić information content (AvgIpc) is 2.72. The molecule has 150 valence electrons. The van der Waals surface area contributed by atoms with E-state index in [1.807, 2.05) is 24.3 Å². The topological polar surface area (TPSA) is 71.9 Å². The van der Waals surface area contributed by atoms with Gasteiger partial charge in [0.05, 0.1) is 18.7 Å². The van der Waals surface area contributed by atoms with Gasteiger partial charge < -0.3 is 14.6 Å². The normalized spacial score (nSPS) is 30.2. The second-order valence-corrected chi connectivity index (χ2v) is 8.00. The molecule has 3 aliphatic heterocycles. The lowest BCUT2D eigenvalue weighted by molar-refractivity contribution is -0.194. The fraction of sp³-hybridized carbons (Fsp3) is 0.545. The summed E-state index contributed by atoms with van der Waals surface area (Å²) in [6, 6.07) is 7.64. The standard InChI is InChI=1S/C22H28N2O4/c1-4-22(28-14(2)25)13-24-10-8-15(22)11-20(24)21(26)17-7-9-23-19-6-5-16(27-3)12-18(17)19/h5-7,9,12,15,20-21,26H,4,8,10-11,13H2,1-3H3/t15?,20-,21+,22+/m1/s1. The van der Waals surface area contributed by atoms with Crippen LogP contribution in [-0.2, 0) is 9.53 Å². The number of aliphatic hydroxyl groups excluding tert-OH is 1. The number of piperidine rings is 3. The predicted molar refractivity (Wildman–Crippen MR) is 106 cm³/mol. The van der Waals surface area contributed by atoms with E-state index in [4.69, 9.17) is 9.47 Å². The van der Waals surface area contributed by atoms with Gasteiger partial charge in [-0.15, -0.1) is 0 Å². The van der Waals surface area contributed by atoms with Crippen LogP contribution in [0.1, 0.15) is 44.8 Å². The molecule has 0 spiro atoms. The lowest BCUT2D eigenvalue weighted by Gasteiger charge is -2.56. The van der Waals surface area contributed by atoms with Gasteiger partial charge in [-0.3, -0.25) is 14.7 Å². The molecular formula is C22H28N2O4. The van der Waals surface area contributed by atoms with Crippen molar-refractivity contribution < 1.29 is 19.4 Å². The van der Waals surface area contributed by atoms with Gasteiger partial charge >= 0.3 is 5.97 Å². The number of nitrogens with zero attached hydrogens (tertiary/aromatic N) is 2. The Balaban J connectivity index is 1.65. The first kappa shape index (κ1) is 19.2. The van der Waals surface area contributed by atoms with Gasteiger partial charge in [-0.2, -0.15) is 0 Å². The van der Waals surface area contributed by atoms with Gasteiger partial charge in [0.1, 0.15) is 11.4 Å². The van der Waals surface area contributed by atoms with Crippen molar-refractivity contribution in [1.82, 2.24) is 9.88 Å². The molecule has 0 aliphatic carbocycles. The number of methoxy groups -OCH3 is 1. The van der Waals surface area contributed by atoms with Gasteiger partial charge in [-0.1, -0.05) is 6.92 Å². The van der Waals surface area contributed by atoms with E-state index in [-0.39, 0.29) is 17.9 Å². The summed E-state index contributed by atoms with van der Waals surface area (Å²) in [6.07, 6.45) is 3.73. The molecule has 2 unspecified atom stereocenters. The van der Waals surface area contributed by atoms with E-state index in [1.165, 1.54) is 6.92 Å². The minimum absolute atomic E-state index is 0.00536. The Morgan fingerprint density at radius 2 is 2.25 bits per heavy atom. The van der Waals surface area contributed by atoms with Crippen molar-refractivity contribution in [3.63, 3.8) is 0 Å². The van der Waals surface area contributed by atoms with Crippen LogP contribution in [0.25, 0.3) is 10.9 Å². The molecule has 6 nitrogen and oxygen atoms in total. The molecule has 5 atom stereocenters. The van der Waals surface area contributed by atoms with E-state index in [9.17, 15) is 9.90 Å². The minimum Gasteiger partial charge on any atom is -0.497 e. The van der Waals surface area contributed by atoms with E-state index in [0.29, 0.717) is 6.54 Å². The molecule has 1 aromatic heterocycles. The van der Waals surface area contributed by atoms with E-state index < -0.39 is 11.7 Å². The van der Waals surface area contributed by atoms with Crippen molar-refractivity contribution >= 4 is 16.9 Å². The van der Waals surface area contributed by atoms with Gasteiger partial charge in [0.2, 0.25) is 0 Å². The fourth-order valence-electron chi connectivity index (χ4n) is 5.13. The number of esters is 1. The lowest BCUT2D eigenvalue weighted by Crippen LogP contribution is -2.65.